The number of hydrogen-bond donors (Lipinski definition) is 1. The predicted molar refractivity (Wildman–Crippen MR) is 152 cm³/mol. The molecule has 0 saturated heterocycles. The van der Waals surface area contributed by atoms with Crippen LogP contribution in [0.4, 0.5) is 5.69 Å². The fraction of sp³-hybridized carbons (Fsp3) is 0.259. The zero-order valence-corrected chi connectivity index (χ0v) is 24.2. The fourth-order valence-electron chi connectivity index (χ4n) is 3.76. The third kappa shape index (κ3) is 7.20. The van der Waals surface area contributed by atoms with Crippen LogP contribution in [-0.2, 0) is 26.2 Å². The van der Waals surface area contributed by atoms with Crippen molar-refractivity contribution in [3.8, 4) is 0 Å². The normalized spacial score (nSPS) is 12.1. The van der Waals surface area contributed by atoms with Crippen LogP contribution < -0.4 is 9.62 Å². The van der Waals surface area contributed by atoms with Crippen molar-refractivity contribution in [3.05, 3.63) is 92.9 Å². The first kappa shape index (κ1) is 29.8. The van der Waals surface area contributed by atoms with E-state index in [0.29, 0.717) is 17.1 Å². The highest BCUT2D eigenvalue weighted by molar-refractivity contribution is 7.92. The van der Waals surface area contributed by atoms with Crippen molar-refractivity contribution >= 4 is 62.3 Å². The average Bonchev–Trinajstić information content (AvgIpc) is 2.87. The van der Waals surface area contributed by atoms with Gasteiger partial charge in [-0.15, -0.1) is 0 Å². The van der Waals surface area contributed by atoms with E-state index < -0.39 is 28.5 Å². The Balaban J connectivity index is 2.08. The summed E-state index contributed by atoms with van der Waals surface area (Å²) in [5, 5.41) is 3.52. The molecule has 3 aromatic carbocycles. The van der Waals surface area contributed by atoms with E-state index in [1.807, 2.05) is 6.92 Å². The number of nitrogens with zero attached hydrogens (tertiary/aromatic N) is 2. The molecule has 0 fully saturated rings. The smallest absolute Gasteiger partial charge is 0.264 e. The monoisotopic (exact) mass is 595 g/mol. The number of sulfonamides is 1. The lowest BCUT2D eigenvalue weighted by molar-refractivity contribution is -0.139. The Bertz CT molecular complexity index is 1420. The molecule has 0 unspecified atom stereocenters. The maximum Gasteiger partial charge on any atom is 0.264 e. The van der Waals surface area contributed by atoms with E-state index in [1.165, 1.54) is 35.2 Å². The first-order chi connectivity index (χ1) is 17.9. The molecule has 0 radical (unpaired) electrons. The van der Waals surface area contributed by atoms with E-state index >= 15 is 0 Å². The minimum Gasteiger partial charge on any atom is -0.355 e. The van der Waals surface area contributed by atoms with Gasteiger partial charge in [-0.05, 0) is 68.8 Å². The van der Waals surface area contributed by atoms with Crippen molar-refractivity contribution in [2.24, 2.45) is 0 Å². The van der Waals surface area contributed by atoms with Crippen LogP contribution in [0.25, 0.3) is 0 Å². The number of rotatable bonds is 10. The van der Waals surface area contributed by atoms with Gasteiger partial charge in [0.05, 0.1) is 15.6 Å². The van der Waals surface area contributed by atoms with Crippen LogP contribution in [0.1, 0.15) is 25.0 Å². The molecule has 3 aromatic rings. The second-order valence-electron chi connectivity index (χ2n) is 8.64. The van der Waals surface area contributed by atoms with Crippen molar-refractivity contribution in [2.75, 3.05) is 17.4 Å². The third-order valence-electron chi connectivity index (χ3n) is 5.82. The molecule has 0 aromatic heterocycles. The quantitative estimate of drug-likeness (QED) is 0.325. The lowest BCUT2D eigenvalue weighted by atomic mass is 10.1. The SMILES string of the molecule is CCNC(=O)[C@@H](C)N(Cc1cccc(Cl)c1)C(=O)CN(c1cc(Cl)ccc1Cl)S(=O)(=O)c1ccc(C)cc1. The van der Waals surface area contributed by atoms with E-state index in [9.17, 15) is 18.0 Å². The number of aryl methyl sites for hydroxylation is 1. The summed E-state index contributed by atoms with van der Waals surface area (Å²) in [5.41, 5.74) is 1.59. The van der Waals surface area contributed by atoms with Gasteiger partial charge in [0.25, 0.3) is 10.0 Å². The summed E-state index contributed by atoms with van der Waals surface area (Å²) in [6.07, 6.45) is 0. The predicted octanol–water partition coefficient (Wildman–Crippen LogP) is 5.70. The molecule has 1 N–H and O–H groups in total. The second kappa shape index (κ2) is 12.8. The van der Waals surface area contributed by atoms with Crippen molar-refractivity contribution in [1.29, 1.82) is 0 Å². The Hall–Kier alpha value is -2.78. The maximum absolute atomic E-state index is 13.8. The summed E-state index contributed by atoms with van der Waals surface area (Å²) in [5.74, 6) is -0.993. The summed E-state index contributed by atoms with van der Waals surface area (Å²) < 4.78 is 28.6. The molecule has 0 aliphatic rings. The van der Waals surface area contributed by atoms with Gasteiger partial charge in [0.1, 0.15) is 12.6 Å². The van der Waals surface area contributed by atoms with E-state index in [1.54, 1.807) is 50.2 Å². The van der Waals surface area contributed by atoms with Crippen LogP contribution >= 0.6 is 34.8 Å². The number of amides is 2. The molecule has 38 heavy (non-hydrogen) atoms. The van der Waals surface area contributed by atoms with Gasteiger partial charge in [-0.3, -0.25) is 13.9 Å². The van der Waals surface area contributed by atoms with Crippen LogP contribution in [0.5, 0.6) is 0 Å². The van der Waals surface area contributed by atoms with Crippen LogP contribution in [0.15, 0.2) is 71.6 Å². The number of nitrogens with one attached hydrogen (secondary N) is 1. The zero-order valence-electron chi connectivity index (χ0n) is 21.1. The number of carbonyl (C=O) groups excluding carboxylic acids is 2. The summed E-state index contributed by atoms with van der Waals surface area (Å²) in [7, 11) is -4.25. The van der Waals surface area contributed by atoms with Crippen molar-refractivity contribution < 1.29 is 18.0 Å². The van der Waals surface area contributed by atoms with Crippen LogP contribution in [0.3, 0.4) is 0 Å². The molecule has 2 amide bonds. The molecule has 11 heteroatoms. The Morgan fingerprint density at radius 2 is 1.61 bits per heavy atom. The second-order valence-corrected chi connectivity index (χ2v) is 11.8. The minimum absolute atomic E-state index is 0.0230. The van der Waals surface area contributed by atoms with Crippen molar-refractivity contribution in [3.63, 3.8) is 0 Å². The van der Waals surface area contributed by atoms with Gasteiger partial charge in [0.2, 0.25) is 11.8 Å². The highest BCUT2D eigenvalue weighted by atomic mass is 35.5. The molecule has 0 heterocycles. The van der Waals surface area contributed by atoms with Gasteiger partial charge < -0.3 is 10.2 Å². The molecule has 1 atom stereocenters. The number of halogens is 3. The van der Waals surface area contributed by atoms with Crippen molar-refractivity contribution in [2.45, 2.75) is 38.3 Å². The van der Waals surface area contributed by atoms with E-state index in [2.05, 4.69) is 5.32 Å². The first-order valence-electron chi connectivity index (χ1n) is 11.8. The highest BCUT2D eigenvalue weighted by Gasteiger charge is 2.33. The Morgan fingerprint density at radius 3 is 2.24 bits per heavy atom. The van der Waals surface area contributed by atoms with Crippen LogP contribution in [0.2, 0.25) is 15.1 Å². The van der Waals surface area contributed by atoms with Gasteiger partial charge >= 0.3 is 0 Å². The number of benzene rings is 3. The molecular formula is C27H28Cl3N3O4S. The summed E-state index contributed by atoms with van der Waals surface area (Å²) in [6.45, 7) is 4.96. The van der Waals surface area contributed by atoms with Crippen LogP contribution in [-0.4, -0.2) is 44.3 Å². The summed E-state index contributed by atoms with van der Waals surface area (Å²) in [4.78, 5) is 27.9. The number of likely N-dealkylation sites (N-methyl/N-ethyl adjacent to an activating group) is 1. The number of anilines is 1. The molecule has 202 valence electrons. The molecule has 0 saturated carbocycles. The average molecular weight is 597 g/mol. The Kier molecular flexibility index (Phi) is 10.1. The minimum atomic E-state index is -4.25. The molecular weight excluding hydrogens is 569 g/mol. The van der Waals surface area contributed by atoms with Gasteiger partial charge in [-0.2, -0.15) is 0 Å². The lowest BCUT2D eigenvalue weighted by Crippen LogP contribution is -2.51. The highest BCUT2D eigenvalue weighted by Crippen LogP contribution is 2.33. The first-order valence-corrected chi connectivity index (χ1v) is 14.4. The van der Waals surface area contributed by atoms with Gasteiger partial charge in [0.15, 0.2) is 0 Å². The topological polar surface area (TPSA) is 86.8 Å². The van der Waals surface area contributed by atoms with E-state index in [4.69, 9.17) is 34.8 Å². The zero-order chi connectivity index (χ0) is 28.0. The maximum atomic E-state index is 13.8. The molecule has 0 spiro atoms. The third-order valence-corrected chi connectivity index (χ3v) is 8.39. The molecule has 3 rings (SSSR count). The standard InChI is InChI=1S/C27H28Cl3N3O4S/c1-4-31-27(35)19(3)32(16-20-6-5-7-21(28)14-20)26(34)17-33(25-15-22(29)10-13-24(25)30)38(36,37)23-11-8-18(2)9-12-23/h5-15,19H,4,16-17H2,1-3H3,(H,31,35)/t19-/m1/s1. The largest absolute Gasteiger partial charge is 0.355 e. The molecule has 0 aliphatic carbocycles. The lowest BCUT2D eigenvalue weighted by Gasteiger charge is -2.32. The number of carbonyl (C=O) groups is 2. The van der Waals surface area contributed by atoms with Crippen LogP contribution in [0, 0.1) is 6.92 Å². The molecule has 7 nitrogen and oxygen atoms in total. The molecule has 0 bridgehead atoms. The van der Waals surface area contributed by atoms with Crippen molar-refractivity contribution in [1.82, 2.24) is 10.2 Å². The van der Waals surface area contributed by atoms with Gasteiger partial charge in [0, 0.05) is 23.1 Å². The van der Waals surface area contributed by atoms with Gasteiger partial charge in [-0.25, -0.2) is 8.42 Å². The summed E-state index contributed by atoms with van der Waals surface area (Å²) >= 11 is 18.7. The van der Waals surface area contributed by atoms with E-state index in [0.717, 1.165) is 9.87 Å². The fourth-order valence-corrected chi connectivity index (χ4v) is 5.84. The summed E-state index contributed by atoms with van der Waals surface area (Å²) in [6, 6.07) is 16.6. The van der Waals surface area contributed by atoms with E-state index in [-0.39, 0.29) is 33.1 Å². The Morgan fingerprint density at radius 1 is 0.947 bits per heavy atom. The van der Waals surface area contributed by atoms with Gasteiger partial charge in [-0.1, -0.05) is 64.6 Å². The number of hydrogen-bond acceptors (Lipinski definition) is 4. The Labute approximate surface area is 238 Å². The molecule has 0 aliphatic heterocycles.